The number of carbonyl (C=O) groups excluding carboxylic acids is 1. The largest absolute Gasteiger partial charge is 0.457 e. The summed E-state index contributed by atoms with van der Waals surface area (Å²) in [6.45, 7) is 4.36. The van der Waals surface area contributed by atoms with Crippen molar-refractivity contribution >= 4 is 17.4 Å². The minimum atomic E-state index is -4.59. The number of ether oxygens (including phenoxy) is 1. The van der Waals surface area contributed by atoms with Crippen LogP contribution in [-0.4, -0.2) is 27.2 Å². The molecule has 2 aromatic carbocycles. The number of carbonyl (C=O) groups is 1. The van der Waals surface area contributed by atoms with Gasteiger partial charge in [-0.1, -0.05) is 13.0 Å². The second-order valence-electron chi connectivity index (χ2n) is 8.36. The highest BCUT2D eigenvalue weighted by Crippen LogP contribution is 2.30. The van der Waals surface area contributed by atoms with Crippen LogP contribution in [0.4, 0.5) is 24.7 Å². The first-order valence-corrected chi connectivity index (χ1v) is 11.7. The molecule has 0 atom stereocenters. The van der Waals surface area contributed by atoms with Gasteiger partial charge in [0.05, 0.1) is 11.3 Å². The van der Waals surface area contributed by atoms with E-state index in [1.54, 1.807) is 42.6 Å². The lowest BCUT2D eigenvalue weighted by Gasteiger charge is -2.12. The molecule has 2 N–H and O–H groups in total. The van der Waals surface area contributed by atoms with E-state index in [1.165, 1.54) is 19.1 Å². The molecule has 0 aliphatic heterocycles. The van der Waals surface area contributed by atoms with Gasteiger partial charge in [0.1, 0.15) is 17.3 Å². The fourth-order valence-corrected chi connectivity index (χ4v) is 3.52. The standard InChI is InChI=1S/C27H24F3N5O3/c1-3-12-31-23-16-22(11-13-32-23)38-21-9-7-19(8-10-21)33-26(37)25-17(2)14-24(36)35(34-25)20-6-4-5-18(15-20)27(28,29)30/h4-11,13-16H,3,12H2,1-2H3,(H,31,32)(H,33,37). The Hall–Kier alpha value is -4.67. The van der Waals surface area contributed by atoms with Crippen LogP contribution in [0.25, 0.3) is 5.69 Å². The Bertz CT molecular complexity index is 1500. The van der Waals surface area contributed by atoms with Crippen LogP contribution < -0.4 is 20.9 Å². The number of rotatable bonds is 8. The van der Waals surface area contributed by atoms with Gasteiger partial charge in [-0.3, -0.25) is 9.59 Å². The third-order valence-electron chi connectivity index (χ3n) is 5.39. The molecule has 0 bridgehead atoms. The maximum Gasteiger partial charge on any atom is 0.416 e. The summed E-state index contributed by atoms with van der Waals surface area (Å²) in [4.78, 5) is 29.6. The molecule has 0 aliphatic carbocycles. The third kappa shape index (κ3) is 6.36. The Balaban J connectivity index is 1.50. The minimum absolute atomic E-state index is 0.105. The van der Waals surface area contributed by atoms with E-state index in [1.807, 2.05) is 0 Å². The topological polar surface area (TPSA) is 98.1 Å². The molecule has 0 aliphatic rings. The summed E-state index contributed by atoms with van der Waals surface area (Å²) >= 11 is 0. The molecule has 2 aromatic heterocycles. The van der Waals surface area contributed by atoms with Crippen LogP contribution in [-0.2, 0) is 6.18 Å². The Morgan fingerprint density at radius 2 is 1.79 bits per heavy atom. The van der Waals surface area contributed by atoms with E-state index in [2.05, 4.69) is 27.6 Å². The molecule has 2 heterocycles. The number of halogens is 3. The highest BCUT2D eigenvalue weighted by molar-refractivity contribution is 6.03. The van der Waals surface area contributed by atoms with E-state index in [4.69, 9.17) is 4.74 Å². The van der Waals surface area contributed by atoms with Gasteiger partial charge in [-0.05, 0) is 67.4 Å². The molecule has 0 unspecified atom stereocenters. The summed E-state index contributed by atoms with van der Waals surface area (Å²) in [5.74, 6) is 1.19. The van der Waals surface area contributed by atoms with Gasteiger partial charge in [-0.15, -0.1) is 0 Å². The molecule has 0 fully saturated rings. The summed E-state index contributed by atoms with van der Waals surface area (Å²) in [6, 6.07) is 15.4. The van der Waals surface area contributed by atoms with E-state index in [0.717, 1.165) is 35.8 Å². The summed E-state index contributed by atoms with van der Waals surface area (Å²) in [5.41, 5.74) is -1.10. The van der Waals surface area contributed by atoms with Crippen LogP contribution in [0.15, 0.2) is 77.7 Å². The molecule has 0 saturated carbocycles. The van der Waals surface area contributed by atoms with Crippen LogP contribution in [0, 0.1) is 6.92 Å². The lowest BCUT2D eigenvalue weighted by molar-refractivity contribution is -0.137. The molecule has 4 rings (SSSR count). The fourth-order valence-electron chi connectivity index (χ4n) is 3.52. The lowest BCUT2D eigenvalue weighted by atomic mass is 10.2. The van der Waals surface area contributed by atoms with Gasteiger partial charge in [0.15, 0.2) is 5.69 Å². The monoisotopic (exact) mass is 523 g/mol. The van der Waals surface area contributed by atoms with Crippen LogP contribution in [0.1, 0.15) is 35.0 Å². The van der Waals surface area contributed by atoms with Crippen molar-refractivity contribution in [1.82, 2.24) is 14.8 Å². The SMILES string of the molecule is CCCNc1cc(Oc2ccc(NC(=O)c3nn(-c4cccc(C(F)(F)F)c4)c(=O)cc3C)cc2)ccn1. The van der Waals surface area contributed by atoms with E-state index in [0.29, 0.717) is 23.0 Å². The number of hydrogen-bond donors (Lipinski definition) is 2. The summed E-state index contributed by atoms with van der Waals surface area (Å²) in [5, 5.41) is 9.92. The molecule has 0 saturated heterocycles. The molecule has 4 aromatic rings. The molecule has 11 heteroatoms. The summed E-state index contributed by atoms with van der Waals surface area (Å²) < 4.78 is 46.0. The number of nitrogens with one attached hydrogen (secondary N) is 2. The van der Waals surface area contributed by atoms with Gasteiger partial charge in [-0.2, -0.15) is 23.0 Å². The number of aromatic nitrogens is 3. The van der Waals surface area contributed by atoms with Crippen LogP contribution in [0.3, 0.4) is 0 Å². The van der Waals surface area contributed by atoms with Crippen molar-refractivity contribution in [2.45, 2.75) is 26.4 Å². The van der Waals surface area contributed by atoms with E-state index in [9.17, 15) is 22.8 Å². The number of anilines is 2. The second-order valence-corrected chi connectivity index (χ2v) is 8.36. The highest BCUT2D eigenvalue weighted by atomic mass is 19.4. The van der Waals surface area contributed by atoms with Crippen molar-refractivity contribution in [3.8, 4) is 17.2 Å². The van der Waals surface area contributed by atoms with Crippen LogP contribution >= 0.6 is 0 Å². The number of hydrogen-bond acceptors (Lipinski definition) is 6. The Kier molecular flexibility index (Phi) is 7.75. The molecule has 1 amide bonds. The zero-order chi connectivity index (χ0) is 27.3. The third-order valence-corrected chi connectivity index (χ3v) is 5.39. The van der Waals surface area contributed by atoms with Crippen molar-refractivity contribution in [3.63, 3.8) is 0 Å². The van der Waals surface area contributed by atoms with Crippen molar-refractivity contribution in [3.05, 3.63) is 100 Å². The van der Waals surface area contributed by atoms with E-state index in [-0.39, 0.29) is 16.9 Å². The quantitative estimate of drug-likeness (QED) is 0.302. The first kappa shape index (κ1) is 26.4. The molecule has 196 valence electrons. The predicted molar refractivity (Wildman–Crippen MR) is 137 cm³/mol. The molecular weight excluding hydrogens is 499 g/mol. The van der Waals surface area contributed by atoms with Crippen molar-refractivity contribution in [2.24, 2.45) is 0 Å². The number of alkyl halides is 3. The maximum atomic E-state index is 13.1. The minimum Gasteiger partial charge on any atom is -0.457 e. The van der Waals surface area contributed by atoms with Crippen molar-refractivity contribution < 1.29 is 22.7 Å². The number of pyridine rings is 1. The zero-order valence-corrected chi connectivity index (χ0v) is 20.5. The van der Waals surface area contributed by atoms with Gasteiger partial charge in [0.2, 0.25) is 0 Å². The smallest absolute Gasteiger partial charge is 0.416 e. The van der Waals surface area contributed by atoms with Gasteiger partial charge < -0.3 is 15.4 Å². The van der Waals surface area contributed by atoms with Crippen LogP contribution in [0.5, 0.6) is 11.5 Å². The first-order chi connectivity index (χ1) is 18.1. The lowest BCUT2D eigenvalue weighted by Crippen LogP contribution is -2.27. The molecule has 0 spiro atoms. The van der Waals surface area contributed by atoms with Crippen molar-refractivity contribution in [2.75, 3.05) is 17.2 Å². The highest BCUT2D eigenvalue weighted by Gasteiger charge is 2.30. The number of amides is 1. The van der Waals surface area contributed by atoms with Gasteiger partial charge in [-0.25, -0.2) is 4.98 Å². The summed E-state index contributed by atoms with van der Waals surface area (Å²) in [6.07, 6.45) is -2.00. The first-order valence-electron chi connectivity index (χ1n) is 11.7. The average Bonchev–Trinajstić information content (AvgIpc) is 2.88. The summed E-state index contributed by atoms with van der Waals surface area (Å²) in [7, 11) is 0. The second kappa shape index (κ2) is 11.2. The number of benzene rings is 2. The van der Waals surface area contributed by atoms with E-state index < -0.39 is 23.2 Å². The normalized spacial score (nSPS) is 11.2. The Morgan fingerprint density at radius 3 is 2.50 bits per heavy atom. The van der Waals surface area contributed by atoms with Crippen LogP contribution in [0.2, 0.25) is 0 Å². The van der Waals surface area contributed by atoms with Crippen molar-refractivity contribution in [1.29, 1.82) is 0 Å². The molecule has 38 heavy (non-hydrogen) atoms. The van der Waals surface area contributed by atoms with Gasteiger partial charge in [0.25, 0.3) is 11.5 Å². The maximum absolute atomic E-state index is 13.1. The number of nitrogens with zero attached hydrogens (tertiary/aromatic N) is 3. The fraction of sp³-hybridized carbons (Fsp3) is 0.185. The van der Waals surface area contributed by atoms with Gasteiger partial charge in [0, 0.05) is 30.6 Å². The molecule has 8 nitrogen and oxygen atoms in total. The Labute approximate surface area is 216 Å². The molecule has 0 radical (unpaired) electrons. The average molecular weight is 524 g/mol. The number of aryl methyl sites for hydroxylation is 1. The van der Waals surface area contributed by atoms with Gasteiger partial charge >= 0.3 is 6.18 Å². The zero-order valence-electron chi connectivity index (χ0n) is 20.5. The predicted octanol–water partition coefficient (Wildman–Crippen LogP) is 5.82. The Morgan fingerprint density at radius 1 is 1.03 bits per heavy atom. The molecular formula is C27H24F3N5O3. The van der Waals surface area contributed by atoms with E-state index >= 15 is 0 Å².